The van der Waals surface area contributed by atoms with E-state index in [-0.39, 0.29) is 5.54 Å². The fraction of sp³-hybridized carbons (Fsp3) is 0.667. The molecule has 1 fully saturated rings. The maximum absolute atomic E-state index is 6.14. The fourth-order valence-electron chi connectivity index (χ4n) is 2.32. The summed E-state index contributed by atoms with van der Waals surface area (Å²) in [5.74, 6) is 0. The summed E-state index contributed by atoms with van der Waals surface area (Å²) in [4.78, 5) is 3.19. The van der Waals surface area contributed by atoms with Gasteiger partial charge in [-0.2, -0.15) is 0 Å². The van der Waals surface area contributed by atoms with E-state index in [4.69, 9.17) is 5.73 Å². The number of thiophene rings is 1. The van der Waals surface area contributed by atoms with Gasteiger partial charge in [0.05, 0.1) is 0 Å². The molecule has 0 saturated heterocycles. The molecule has 14 heavy (non-hydrogen) atoms. The van der Waals surface area contributed by atoms with E-state index < -0.39 is 0 Å². The van der Waals surface area contributed by atoms with Gasteiger partial charge in [-0.15, -0.1) is 11.3 Å². The lowest BCUT2D eigenvalue weighted by Crippen LogP contribution is -2.23. The molecule has 0 unspecified atom stereocenters. The average molecular weight is 207 g/mol. The van der Waals surface area contributed by atoms with Gasteiger partial charge in [-0.3, -0.25) is 0 Å². The molecule has 0 amide bonds. The lowest BCUT2D eigenvalue weighted by Gasteiger charge is -2.08. The highest BCUT2D eigenvalue weighted by Crippen LogP contribution is 2.39. The topological polar surface area (TPSA) is 26.0 Å². The van der Waals surface area contributed by atoms with Gasteiger partial charge in [-0.1, -0.05) is 0 Å². The zero-order valence-electron chi connectivity index (χ0n) is 8.51. The van der Waals surface area contributed by atoms with E-state index in [1.807, 2.05) is 11.3 Å². The monoisotopic (exact) mass is 207 g/mol. The molecule has 0 aliphatic heterocycles. The summed E-state index contributed by atoms with van der Waals surface area (Å²) >= 11 is 2.02. The van der Waals surface area contributed by atoms with Crippen molar-refractivity contribution >= 4 is 11.3 Å². The van der Waals surface area contributed by atoms with Crippen LogP contribution in [0.1, 0.15) is 41.0 Å². The highest BCUT2D eigenvalue weighted by atomic mass is 32.1. The van der Waals surface area contributed by atoms with E-state index in [0.717, 1.165) is 6.42 Å². The van der Waals surface area contributed by atoms with E-state index in [0.29, 0.717) is 0 Å². The molecule has 2 aliphatic rings. The minimum Gasteiger partial charge on any atom is -0.325 e. The van der Waals surface area contributed by atoms with Crippen LogP contribution in [0.4, 0.5) is 0 Å². The molecule has 2 aliphatic carbocycles. The van der Waals surface area contributed by atoms with Gasteiger partial charge in [-0.05, 0) is 56.6 Å². The SMILES string of the molecule is NC1(Cc2cc3c(s2)CCCC3)CC1. The second kappa shape index (κ2) is 3.07. The van der Waals surface area contributed by atoms with Gasteiger partial charge in [-0.25, -0.2) is 0 Å². The average Bonchev–Trinajstić information content (AvgIpc) is 2.77. The Morgan fingerprint density at radius 3 is 2.79 bits per heavy atom. The number of aryl methyl sites for hydroxylation is 2. The van der Waals surface area contributed by atoms with Crippen LogP contribution in [0.3, 0.4) is 0 Å². The molecule has 0 spiro atoms. The summed E-state index contributed by atoms with van der Waals surface area (Å²) in [7, 11) is 0. The molecular formula is C12H17NS. The Labute approximate surface area is 89.3 Å². The Kier molecular flexibility index (Phi) is 1.96. The van der Waals surface area contributed by atoms with Crippen molar-refractivity contribution in [3.05, 3.63) is 21.4 Å². The van der Waals surface area contributed by atoms with Gasteiger partial charge in [0.1, 0.15) is 0 Å². The smallest absolute Gasteiger partial charge is 0.0204 e. The van der Waals surface area contributed by atoms with Gasteiger partial charge in [0.2, 0.25) is 0 Å². The van der Waals surface area contributed by atoms with E-state index in [1.165, 1.54) is 43.4 Å². The maximum atomic E-state index is 6.14. The second-order valence-corrected chi connectivity index (χ2v) is 6.13. The van der Waals surface area contributed by atoms with Gasteiger partial charge in [0, 0.05) is 15.3 Å². The van der Waals surface area contributed by atoms with Crippen molar-refractivity contribution in [2.24, 2.45) is 5.73 Å². The molecule has 1 nitrogen and oxygen atoms in total. The Morgan fingerprint density at radius 2 is 2.07 bits per heavy atom. The fourth-order valence-corrected chi connectivity index (χ4v) is 3.74. The first-order valence-corrected chi connectivity index (χ1v) is 6.46. The molecule has 2 heteroatoms. The normalized spacial score (nSPS) is 23.2. The van der Waals surface area contributed by atoms with E-state index in [2.05, 4.69) is 6.07 Å². The van der Waals surface area contributed by atoms with Crippen LogP contribution in [-0.4, -0.2) is 5.54 Å². The van der Waals surface area contributed by atoms with Gasteiger partial charge < -0.3 is 5.73 Å². The Hall–Kier alpha value is -0.340. The van der Waals surface area contributed by atoms with Gasteiger partial charge >= 0.3 is 0 Å². The lowest BCUT2D eigenvalue weighted by atomic mass is 9.99. The third-order valence-corrected chi connectivity index (χ3v) is 4.70. The molecular weight excluding hydrogens is 190 g/mol. The molecule has 3 rings (SSSR count). The number of nitrogens with two attached hydrogens (primary N) is 1. The highest BCUT2D eigenvalue weighted by Gasteiger charge is 2.38. The van der Waals surface area contributed by atoms with Gasteiger partial charge in [0.15, 0.2) is 0 Å². The standard InChI is InChI=1S/C12H17NS/c13-12(5-6-12)8-10-7-9-3-1-2-4-11(9)14-10/h7H,1-6,8,13H2. The first kappa shape index (κ1) is 8.93. The quantitative estimate of drug-likeness (QED) is 0.792. The van der Waals surface area contributed by atoms with E-state index in [1.54, 1.807) is 10.4 Å². The molecule has 1 aromatic heterocycles. The molecule has 0 atom stereocenters. The molecule has 1 saturated carbocycles. The molecule has 2 N–H and O–H groups in total. The van der Waals surface area contributed by atoms with Crippen molar-refractivity contribution in [3.63, 3.8) is 0 Å². The first-order chi connectivity index (χ1) is 6.75. The predicted molar refractivity (Wildman–Crippen MR) is 60.8 cm³/mol. The Morgan fingerprint density at radius 1 is 1.29 bits per heavy atom. The molecule has 0 bridgehead atoms. The lowest BCUT2D eigenvalue weighted by molar-refractivity contribution is 0.677. The summed E-state index contributed by atoms with van der Waals surface area (Å²) < 4.78 is 0. The summed E-state index contributed by atoms with van der Waals surface area (Å²) in [6, 6.07) is 2.42. The molecule has 0 radical (unpaired) electrons. The minimum absolute atomic E-state index is 0.188. The molecule has 1 heterocycles. The third-order valence-electron chi connectivity index (χ3n) is 3.47. The van der Waals surface area contributed by atoms with E-state index in [9.17, 15) is 0 Å². The largest absolute Gasteiger partial charge is 0.325 e. The number of fused-ring (bicyclic) bond motifs is 1. The van der Waals surface area contributed by atoms with Crippen LogP contribution in [0, 0.1) is 0 Å². The van der Waals surface area contributed by atoms with Crippen LogP contribution in [0.25, 0.3) is 0 Å². The van der Waals surface area contributed by atoms with Crippen molar-refractivity contribution in [2.45, 2.75) is 50.5 Å². The zero-order valence-corrected chi connectivity index (χ0v) is 9.33. The number of rotatable bonds is 2. The van der Waals surface area contributed by atoms with Crippen LogP contribution in [0.15, 0.2) is 6.07 Å². The number of hydrogen-bond acceptors (Lipinski definition) is 2. The summed E-state index contributed by atoms with van der Waals surface area (Å²) in [6.45, 7) is 0. The minimum atomic E-state index is 0.188. The van der Waals surface area contributed by atoms with Gasteiger partial charge in [0.25, 0.3) is 0 Å². The predicted octanol–water partition coefficient (Wildman–Crippen LogP) is 2.66. The molecule has 1 aromatic rings. The van der Waals surface area contributed by atoms with Crippen LogP contribution in [0.2, 0.25) is 0 Å². The van der Waals surface area contributed by atoms with Crippen molar-refractivity contribution in [1.82, 2.24) is 0 Å². The second-order valence-electron chi connectivity index (χ2n) is 4.91. The van der Waals surface area contributed by atoms with Crippen LogP contribution < -0.4 is 5.73 Å². The highest BCUT2D eigenvalue weighted by molar-refractivity contribution is 7.12. The van der Waals surface area contributed by atoms with Crippen molar-refractivity contribution in [1.29, 1.82) is 0 Å². The first-order valence-electron chi connectivity index (χ1n) is 5.65. The molecule has 0 aromatic carbocycles. The van der Waals surface area contributed by atoms with Crippen LogP contribution >= 0.6 is 11.3 Å². The Balaban J connectivity index is 1.81. The van der Waals surface area contributed by atoms with Crippen LogP contribution in [0.5, 0.6) is 0 Å². The maximum Gasteiger partial charge on any atom is 0.0204 e. The summed E-state index contributed by atoms with van der Waals surface area (Å²) in [5, 5.41) is 0. The Bertz CT molecular complexity index is 326. The summed E-state index contributed by atoms with van der Waals surface area (Å²) in [6.07, 6.45) is 8.99. The summed E-state index contributed by atoms with van der Waals surface area (Å²) in [5.41, 5.74) is 7.96. The third kappa shape index (κ3) is 1.61. The van der Waals surface area contributed by atoms with Crippen molar-refractivity contribution in [3.8, 4) is 0 Å². The zero-order chi connectivity index (χ0) is 9.60. The van der Waals surface area contributed by atoms with E-state index >= 15 is 0 Å². The molecule has 76 valence electrons. The van der Waals surface area contributed by atoms with Crippen molar-refractivity contribution < 1.29 is 0 Å². The number of hydrogen-bond donors (Lipinski definition) is 1. The van der Waals surface area contributed by atoms with Crippen LogP contribution in [-0.2, 0) is 19.3 Å². The van der Waals surface area contributed by atoms with Crippen molar-refractivity contribution in [2.75, 3.05) is 0 Å².